The van der Waals surface area contributed by atoms with E-state index >= 15 is 4.39 Å². The molecule has 0 radical (unpaired) electrons. The molecule has 1 saturated carbocycles. The number of β-lactam (4-membered cyclic amide) rings is 1. The number of hydrogen-bond donors (Lipinski definition) is 4. The first-order chi connectivity index (χ1) is 26.4. The molecule has 56 heavy (non-hydrogen) atoms. The number of para-hydroxylation sites is 1. The number of carbonyl (C=O) groups excluding carboxylic acids is 3. The number of rotatable bonds is 13. The predicted molar refractivity (Wildman–Crippen MR) is 193 cm³/mol. The van der Waals surface area contributed by atoms with Crippen LogP contribution in [0.3, 0.4) is 0 Å². The number of ether oxygens (including phenoxy) is 3. The van der Waals surface area contributed by atoms with Crippen molar-refractivity contribution in [2.45, 2.75) is 63.2 Å². The number of hydrogen-bond acceptors (Lipinski definition) is 10. The Kier molecular flexibility index (Phi) is 12.0. The number of methoxy groups -OCH3 is 1. The summed E-state index contributed by atoms with van der Waals surface area (Å²) in [7, 11) is 1.37. The minimum atomic E-state index is -1.40. The second-order valence-corrected chi connectivity index (χ2v) is 14.2. The number of nitrogens with one attached hydrogen (secondary N) is 2. The molecular weight excluding hydrogens is 744 g/mol. The number of carboxylic acid groups (broad SMARTS) is 2. The van der Waals surface area contributed by atoms with Gasteiger partial charge in [0.15, 0.2) is 18.2 Å². The van der Waals surface area contributed by atoms with Crippen LogP contribution in [0.5, 0.6) is 11.5 Å². The average Bonchev–Trinajstić information content (AvgIpc) is 3.90. The molecule has 2 aromatic carbocycles. The first-order valence-corrected chi connectivity index (χ1v) is 18.0. The van der Waals surface area contributed by atoms with Crippen LogP contribution < -0.4 is 60.0 Å². The van der Waals surface area contributed by atoms with Gasteiger partial charge in [0.2, 0.25) is 5.43 Å². The van der Waals surface area contributed by atoms with Gasteiger partial charge in [-0.3, -0.25) is 19.3 Å². The third kappa shape index (κ3) is 7.79. The number of carbonyl (C=O) groups is 5. The van der Waals surface area contributed by atoms with Crippen LogP contribution in [0.15, 0.2) is 58.7 Å². The zero-order chi connectivity index (χ0) is 39.1. The summed E-state index contributed by atoms with van der Waals surface area (Å²) in [5, 5.41) is 25.0. The van der Waals surface area contributed by atoms with E-state index < -0.39 is 64.8 Å². The maximum atomic E-state index is 15.8. The van der Waals surface area contributed by atoms with Crippen molar-refractivity contribution in [1.82, 2.24) is 20.1 Å². The summed E-state index contributed by atoms with van der Waals surface area (Å²) in [5.74, 6) is -4.16. The first-order valence-electron chi connectivity index (χ1n) is 18.0. The van der Waals surface area contributed by atoms with Crippen LogP contribution in [0.2, 0.25) is 0 Å². The van der Waals surface area contributed by atoms with Crippen molar-refractivity contribution in [3.05, 3.63) is 75.5 Å². The number of aliphatic carboxylic acids is 1. The van der Waals surface area contributed by atoms with Gasteiger partial charge in [-0.2, -0.15) is 0 Å². The summed E-state index contributed by atoms with van der Waals surface area (Å²) >= 11 is 0. The molecule has 1 aromatic heterocycles. The summed E-state index contributed by atoms with van der Waals surface area (Å²) in [6.45, 7) is 1.79. The molecule has 3 fully saturated rings. The van der Waals surface area contributed by atoms with Crippen molar-refractivity contribution >= 4 is 46.4 Å². The van der Waals surface area contributed by atoms with Crippen LogP contribution in [-0.2, 0) is 19.1 Å². The number of aromatic nitrogens is 1. The minimum Gasteiger partial charge on any atom is -0.492 e. The molecule has 3 amide bonds. The minimum absolute atomic E-state index is 0. The predicted octanol–water partition coefficient (Wildman–Crippen LogP) is 0.0344. The number of aromatic carboxylic acids is 1. The van der Waals surface area contributed by atoms with Gasteiger partial charge in [-0.1, -0.05) is 18.2 Å². The topological polar surface area (TPSA) is 206 Å². The van der Waals surface area contributed by atoms with Crippen molar-refractivity contribution in [3.63, 3.8) is 0 Å². The van der Waals surface area contributed by atoms with Crippen molar-refractivity contribution in [3.8, 4) is 11.5 Å². The van der Waals surface area contributed by atoms with Gasteiger partial charge in [-0.15, -0.1) is 0 Å². The van der Waals surface area contributed by atoms with Crippen molar-refractivity contribution in [1.29, 1.82) is 0 Å². The number of nitrogens with zero attached hydrogens (tertiary/aromatic N) is 3. The number of benzene rings is 2. The van der Waals surface area contributed by atoms with E-state index in [-0.39, 0.29) is 89.2 Å². The fourth-order valence-corrected chi connectivity index (χ4v) is 7.78. The molecule has 4 atom stereocenters. The maximum absolute atomic E-state index is 15.8. The second kappa shape index (κ2) is 16.5. The number of amides is 3. The van der Waals surface area contributed by atoms with Crippen LogP contribution in [0, 0.1) is 11.7 Å². The number of anilines is 1. The number of alkyl carbamates (subject to hydrolysis) is 1. The molecule has 4 heterocycles. The average molecular weight is 785 g/mol. The van der Waals surface area contributed by atoms with Gasteiger partial charge in [-0.25, -0.2) is 18.8 Å². The normalized spacial score (nSPS) is 20.7. The number of halogens is 1. The van der Waals surface area contributed by atoms with Crippen LogP contribution in [-0.4, -0.2) is 101 Å². The number of pyridine rings is 1. The molecule has 2 saturated heterocycles. The summed E-state index contributed by atoms with van der Waals surface area (Å²) in [4.78, 5) is 78.5. The Morgan fingerprint density at radius 1 is 1.04 bits per heavy atom. The Labute approximate surface area is 341 Å². The van der Waals surface area contributed by atoms with Crippen LogP contribution >= 0.6 is 0 Å². The van der Waals surface area contributed by atoms with E-state index in [9.17, 15) is 39.0 Å². The third-order valence-electron chi connectivity index (χ3n) is 10.7. The summed E-state index contributed by atoms with van der Waals surface area (Å²) in [5.41, 5.74) is -0.810. The van der Waals surface area contributed by atoms with Gasteiger partial charge in [0.1, 0.15) is 35.3 Å². The number of carboxylic acids is 2. The van der Waals surface area contributed by atoms with Crippen molar-refractivity contribution in [2.75, 3.05) is 38.3 Å². The fourth-order valence-electron chi connectivity index (χ4n) is 7.78. The number of fused-ring (bicyclic) bond motifs is 2. The Hall–Kier alpha value is -5.13. The zero-order valence-corrected chi connectivity index (χ0v) is 33.1. The molecule has 4 N–H and O–H groups in total. The summed E-state index contributed by atoms with van der Waals surface area (Å²) in [6.07, 6.45) is 3.15. The molecule has 3 aliphatic heterocycles. The molecule has 3 aromatic rings. The third-order valence-corrected chi connectivity index (χ3v) is 10.7. The van der Waals surface area contributed by atoms with Gasteiger partial charge in [0.25, 0.3) is 11.8 Å². The standard InChI is InChI=1S/C38H40FN5O11.Na/c1-19(20-12-13-42(15-20)32-26(39)14-24-31(34(32)53-2)43(22-9-10-22)16-25(33(24)46)36(48)49)40-38(52)55-17-21-8-11-27-29(35(47)44(27)30(21)37(50)51)41-28(45)18-54-23-6-4-3-5-7-23;/h3-7,14,16,19-20,22,27,29H,8-13,15,17-18H2,1-2H3,(H,40,52)(H,41,45)(H,48,49)(H,50,51);/q;+1/t19-,20+,27+,29-;/m0./s1. The van der Waals surface area contributed by atoms with E-state index in [1.165, 1.54) is 13.3 Å². The molecule has 290 valence electrons. The molecule has 18 heteroatoms. The molecular formula is C38H40FN5NaO11+. The first kappa shape index (κ1) is 40.5. The summed E-state index contributed by atoms with van der Waals surface area (Å²) in [6, 6.07) is 7.77. The Bertz CT molecular complexity index is 2180. The maximum Gasteiger partial charge on any atom is 1.00 e. The molecule has 16 nitrogen and oxygen atoms in total. The van der Waals surface area contributed by atoms with Crippen molar-refractivity contribution in [2.24, 2.45) is 5.92 Å². The van der Waals surface area contributed by atoms with Gasteiger partial charge in [0.05, 0.1) is 24.1 Å². The fraction of sp³-hybridized carbons (Fsp3) is 0.421. The van der Waals surface area contributed by atoms with E-state index in [1.54, 1.807) is 46.7 Å². The van der Waals surface area contributed by atoms with Gasteiger partial charge in [0, 0.05) is 31.4 Å². The Morgan fingerprint density at radius 2 is 1.77 bits per heavy atom. The SMILES string of the molecule is COc1c(N2CC[C@@H]([C@H](C)NC(=O)OCC3=C(C(=O)O)N4C(=O)[C@@H](NC(=O)COc5ccccc5)[C@H]4CC3)C2)c(F)cc2c(=O)c(C(=O)O)cn(C3CC3)c12.[Na+]. The van der Waals surface area contributed by atoms with E-state index in [1.807, 2.05) is 0 Å². The van der Waals surface area contributed by atoms with Gasteiger partial charge in [-0.05, 0) is 68.7 Å². The molecule has 4 aliphatic rings. The van der Waals surface area contributed by atoms with Crippen molar-refractivity contribution < 1.29 is 82.3 Å². The monoisotopic (exact) mass is 784 g/mol. The zero-order valence-electron chi connectivity index (χ0n) is 31.1. The van der Waals surface area contributed by atoms with E-state index in [0.29, 0.717) is 37.2 Å². The molecule has 0 spiro atoms. The summed E-state index contributed by atoms with van der Waals surface area (Å²) < 4.78 is 34.1. The van der Waals surface area contributed by atoms with E-state index in [4.69, 9.17) is 14.2 Å². The van der Waals surface area contributed by atoms with Gasteiger partial charge < -0.3 is 44.5 Å². The van der Waals surface area contributed by atoms with E-state index in [2.05, 4.69) is 10.6 Å². The molecule has 1 aliphatic carbocycles. The smallest absolute Gasteiger partial charge is 0.492 e. The molecule has 0 unspecified atom stereocenters. The largest absolute Gasteiger partial charge is 1.00 e. The Morgan fingerprint density at radius 3 is 2.43 bits per heavy atom. The second-order valence-electron chi connectivity index (χ2n) is 14.2. The van der Waals surface area contributed by atoms with Crippen LogP contribution in [0.4, 0.5) is 14.9 Å². The quantitative estimate of drug-likeness (QED) is 0.134. The van der Waals surface area contributed by atoms with E-state index in [0.717, 1.165) is 23.8 Å². The van der Waals surface area contributed by atoms with Crippen LogP contribution in [0.25, 0.3) is 10.9 Å². The molecule has 7 rings (SSSR count). The Balaban J connectivity index is 0.00000532. The van der Waals surface area contributed by atoms with Crippen LogP contribution in [0.1, 0.15) is 55.4 Å². The van der Waals surface area contributed by atoms with Gasteiger partial charge >= 0.3 is 47.6 Å². The molecule has 0 bridgehead atoms.